The summed E-state index contributed by atoms with van der Waals surface area (Å²) in [6, 6.07) is 10.1. The Bertz CT molecular complexity index is 2370. The summed E-state index contributed by atoms with van der Waals surface area (Å²) < 4.78 is 22.9. The van der Waals surface area contributed by atoms with Gasteiger partial charge in [-0.2, -0.15) is 0 Å². The molecule has 0 spiro atoms. The average molecular weight is 747 g/mol. The third-order valence-electron chi connectivity index (χ3n) is 7.34. The molecule has 6 rings (SSSR count). The maximum Gasteiger partial charge on any atom is 0.212 e. The zero-order valence-electron chi connectivity index (χ0n) is 26.8. The van der Waals surface area contributed by atoms with Crippen LogP contribution in [0.5, 0.6) is 126 Å². The number of ether oxygens (including phenoxy) is 4. The van der Waals surface area contributed by atoms with Crippen LogP contribution >= 0.6 is 0 Å². The Balaban J connectivity index is 1.57. The van der Waals surface area contributed by atoms with Crippen molar-refractivity contribution in [3.8, 4) is 138 Å². The molecule has 0 fully saturated rings. The van der Waals surface area contributed by atoms with E-state index in [2.05, 4.69) is 0 Å². The van der Waals surface area contributed by atoms with Crippen LogP contribution in [-0.4, -0.2) is 71.5 Å². The summed E-state index contributed by atoms with van der Waals surface area (Å²) in [5.41, 5.74) is -1.37. The van der Waals surface area contributed by atoms with Gasteiger partial charge >= 0.3 is 0 Å². The molecule has 0 aliphatic carbocycles. The molecule has 0 unspecified atom stereocenters. The fraction of sp³-hybridized carbons (Fsp3) is 0. The standard InChI is InChI=1S/C36H26O18/c37-13-1-14(38)3-19(2-13)51-36-28(53-34-24(47)8-17(41)9-25(34)48)10-18(42)11-29(36)54-35-26(49)12-27(52-33-22(45)6-16(40)7-23(33)46)31(32(35)50)30-20(43)4-15(39)5-21(30)44/h1-12,37-50H. The molecule has 18 heteroatoms. The van der Waals surface area contributed by atoms with Gasteiger partial charge in [0.1, 0.15) is 57.5 Å². The molecule has 0 aliphatic rings. The lowest BCUT2D eigenvalue weighted by molar-refractivity contribution is 0.334. The van der Waals surface area contributed by atoms with E-state index in [0.717, 1.165) is 72.8 Å². The molecular formula is C36H26O18. The molecule has 0 saturated heterocycles. The number of benzene rings is 6. The highest BCUT2D eigenvalue weighted by Crippen LogP contribution is 2.58. The smallest absolute Gasteiger partial charge is 0.212 e. The Morgan fingerprint density at radius 1 is 0.259 bits per heavy atom. The minimum atomic E-state index is -1.15. The van der Waals surface area contributed by atoms with Gasteiger partial charge in [-0.05, 0) is 0 Å². The van der Waals surface area contributed by atoms with Gasteiger partial charge in [-0.1, -0.05) is 0 Å². The van der Waals surface area contributed by atoms with E-state index in [1.165, 1.54) is 0 Å². The third-order valence-corrected chi connectivity index (χ3v) is 7.34. The number of phenolic OH excluding ortho intramolecular Hbond substituents is 14. The predicted molar refractivity (Wildman–Crippen MR) is 181 cm³/mol. The normalized spacial score (nSPS) is 10.9. The Labute approximate surface area is 300 Å². The lowest BCUT2D eigenvalue weighted by Crippen LogP contribution is -1.97. The topological polar surface area (TPSA) is 320 Å². The highest BCUT2D eigenvalue weighted by molar-refractivity contribution is 5.89. The van der Waals surface area contributed by atoms with E-state index in [-0.39, 0.29) is 5.75 Å². The third kappa shape index (κ3) is 6.88. The van der Waals surface area contributed by atoms with Gasteiger partial charge in [0.25, 0.3) is 0 Å². The predicted octanol–water partition coefficient (Wildman–Crippen LogP) is 6.40. The van der Waals surface area contributed by atoms with Crippen LogP contribution in [0.4, 0.5) is 0 Å². The summed E-state index contributed by atoms with van der Waals surface area (Å²) >= 11 is 0. The summed E-state index contributed by atoms with van der Waals surface area (Å²) in [6.07, 6.45) is 0. The van der Waals surface area contributed by atoms with Crippen LogP contribution in [0.2, 0.25) is 0 Å². The summed E-state index contributed by atoms with van der Waals surface area (Å²) in [5, 5.41) is 146. The monoisotopic (exact) mass is 746 g/mol. The van der Waals surface area contributed by atoms with Crippen LogP contribution in [0.25, 0.3) is 11.1 Å². The van der Waals surface area contributed by atoms with E-state index >= 15 is 0 Å². The summed E-state index contributed by atoms with van der Waals surface area (Å²) in [5.74, 6) is -15.7. The van der Waals surface area contributed by atoms with E-state index in [1.54, 1.807) is 0 Å². The highest BCUT2D eigenvalue weighted by atomic mass is 16.6. The fourth-order valence-electron chi connectivity index (χ4n) is 5.16. The molecule has 0 bridgehead atoms. The van der Waals surface area contributed by atoms with Crippen molar-refractivity contribution in [3.63, 3.8) is 0 Å². The van der Waals surface area contributed by atoms with Crippen molar-refractivity contribution in [2.24, 2.45) is 0 Å². The quantitative estimate of drug-likeness (QED) is 0.0760. The number of rotatable bonds is 9. The molecule has 14 N–H and O–H groups in total. The number of aromatic hydroxyl groups is 14. The van der Waals surface area contributed by atoms with Crippen molar-refractivity contribution < 1.29 is 90.4 Å². The molecule has 6 aromatic carbocycles. The first kappa shape index (κ1) is 35.5. The van der Waals surface area contributed by atoms with Gasteiger partial charge in [0.05, 0.1) is 11.1 Å². The number of hydrogen-bond donors (Lipinski definition) is 14. The highest BCUT2D eigenvalue weighted by Gasteiger charge is 2.30. The van der Waals surface area contributed by atoms with Crippen LogP contribution in [0.1, 0.15) is 0 Å². The largest absolute Gasteiger partial charge is 0.508 e. The van der Waals surface area contributed by atoms with Crippen LogP contribution < -0.4 is 18.9 Å². The molecule has 0 amide bonds. The van der Waals surface area contributed by atoms with Gasteiger partial charge in [0, 0.05) is 72.8 Å². The maximum atomic E-state index is 11.7. The van der Waals surface area contributed by atoms with E-state index in [0.29, 0.717) is 0 Å². The molecule has 0 heterocycles. The van der Waals surface area contributed by atoms with E-state index < -0.39 is 132 Å². The molecule has 54 heavy (non-hydrogen) atoms. The Morgan fingerprint density at radius 2 is 0.611 bits per heavy atom. The molecular weight excluding hydrogens is 720 g/mol. The SMILES string of the molecule is Oc1cc(O)cc(Oc2c(Oc3c(O)cc(O)cc3O)cc(O)cc2Oc2c(O)cc(Oc3c(O)cc(O)cc3O)c(-c3c(O)cc(O)cc3O)c2O)c1. The second-order valence-corrected chi connectivity index (χ2v) is 11.3. The first-order chi connectivity index (χ1) is 25.5. The van der Waals surface area contributed by atoms with E-state index in [1.807, 2.05) is 0 Å². The lowest BCUT2D eigenvalue weighted by Gasteiger charge is -2.21. The minimum absolute atomic E-state index is 0.308. The van der Waals surface area contributed by atoms with Crippen LogP contribution in [0, 0.1) is 0 Å². The van der Waals surface area contributed by atoms with Gasteiger partial charge in [0.15, 0.2) is 46.0 Å². The van der Waals surface area contributed by atoms with Crippen LogP contribution in [0.15, 0.2) is 72.8 Å². The molecule has 0 saturated carbocycles. The van der Waals surface area contributed by atoms with E-state index in [9.17, 15) is 71.5 Å². The Kier molecular flexibility index (Phi) is 8.85. The minimum Gasteiger partial charge on any atom is -0.508 e. The van der Waals surface area contributed by atoms with Gasteiger partial charge in [0.2, 0.25) is 23.0 Å². The summed E-state index contributed by atoms with van der Waals surface area (Å²) in [6.45, 7) is 0. The van der Waals surface area contributed by atoms with Crippen molar-refractivity contribution in [2.75, 3.05) is 0 Å². The van der Waals surface area contributed by atoms with Crippen molar-refractivity contribution in [1.82, 2.24) is 0 Å². The summed E-state index contributed by atoms with van der Waals surface area (Å²) in [4.78, 5) is 0. The van der Waals surface area contributed by atoms with Gasteiger partial charge in [-0.15, -0.1) is 0 Å². The van der Waals surface area contributed by atoms with Crippen LogP contribution in [0.3, 0.4) is 0 Å². The second-order valence-electron chi connectivity index (χ2n) is 11.3. The maximum absolute atomic E-state index is 11.7. The number of phenols is 14. The number of hydrogen-bond acceptors (Lipinski definition) is 18. The van der Waals surface area contributed by atoms with Gasteiger partial charge in [-0.25, -0.2) is 0 Å². The fourth-order valence-corrected chi connectivity index (χ4v) is 5.16. The van der Waals surface area contributed by atoms with Crippen molar-refractivity contribution in [3.05, 3.63) is 72.8 Å². The van der Waals surface area contributed by atoms with Crippen LogP contribution in [-0.2, 0) is 0 Å². The van der Waals surface area contributed by atoms with Crippen molar-refractivity contribution in [1.29, 1.82) is 0 Å². The Morgan fingerprint density at radius 3 is 1.07 bits per heavy atom. The zero-order valence-corrected chi connectivity index (χ0v) is 26.8. The van der Waals surface area contributed by atoms with Gasteiger partial charge in [-0.3, -0.25) is 0 Å². The first-order valence-electron chi connectivity index (χ1n) is 14.9. The average Bonchev–Trinajstić information content (AvgIpc) is 3.04. The second kappa shape index (κ2) is 13.5. The molecule has 0 aliphatic heterocycles. The molecule has 18 nitrogen and oxygen atoms in total. The first-order valence-corrected chi connectivity index (χ1v) is 14.9. The van der Waals surface area contributed by atoms with Gasteiger partial charge < -0.3 is 90.4 Å². The van der Waals surface area contributed by atoms with Crippen molar-refractivity contribution in [2.45, 2.75) is 0 Å². The molecule has 0 aromatic heterocycles. The van der Waals surface area contributed by atoms with Crippen molar-refractivity contribution >= 4 is 0 Å². The molecule has 0 atom stereocenters. The molecule has 278 valence electrons. The summed E-state index contributed by atoms with van der Waals surface area (Å²) in [7, 11) is 0. The zero-order chi connectivity index (χ0) is 39.2. The molecule has 6 aromatic rings. The molecule has 0 radical (unpaired) electrons. The lowest BCUT2D eigenvalue weighted by atomic mass is 9.99. The van der Waals surface area contributed by atoms with E-state index in [4.69, 9.17) is 18.9 Å². The Hall–Kier alpha value is -8.28.